The first-order valence-electron chi connectivity index (χ1n) is 7.22. The van der Waals surface area contributed by atoms with Crippen LogP contribution in [0.5, 0.6) is 0 Å². The molecule has 21 heavy (non-hydrogen) atoms. The van der Waals surface area contributed by atoms with E-state index in [9.17, 15) is 0 Å². The molecule has 0 radical (unpaired) electrons. The number of aromatic nitrogens is 2. The van der Waals surface area contributed by atoms with E-state index >= 15 is 0 Å². The van der Waals surface area contributed by atoms with Gasteiger partial charge in [0.1, 0.15) is 11.3 Å². The topological polar surface area (TPSA) is 32.3 Å². The number of piperazine rings is 1. The minimum atomic E-state index is 0.384. The predicted octanol–water partition coefficient (Wildman–Crippen LogP) is 2.84. The molecular formula is C16H19ClN4. The minimum absolute atomic E-state index is 0.384. The zero-order valence-electron chi connectivity index (χ0n) is 12.1. The van der Waals surface area contributed by atoms with Crippen LogP contribution in [0.3, 0.4) is 0 Å². The Morgan fingerprint density at radius 3 is 2.76 bits per heavy atom. The summed E-state index contributed by atoms with van der Waals surface area (Å²) >= 11 is 6.21. The number of rotatable bonds is 3. The first kappa shape index (κ1) is 14.3. The number of anilines is 1. The Morgan fingerprint density at radius 2 is 2.05 bits per heavy atom. The second kappa shape index (κ2) is 6.41. The maximum absolute atomic E-state index is 6.21. The highest BCUT2D eigenvalue weighted by Gasteiger charge is 2.26. The summed E-state index contributed by atoms with van der Waals surface area (Å²) < 4.78 is 0. The van der Waals surface area contributed by atoms with Crippen LogP contribution in [0.2, 0.25) is 5.02 Å². The van der Waals surface area contributed by atoms with Crippen LogP contribution < -0.4 is 4.90 Å². The highest BCUT2D eigenvalue weighted by atomic mass is 35.5. The van der Waals surface area contributed by atoms with Gasteiger partial charge in [0.15, 0.2) is 5.82 Å². The largest absolute Gasteiger partial charge is 0.350 e. The zero-order chi connectivity index (χ0) is 14.7. The highest BCUT2D eigenvalue weighted by Crippen LogP contribution is 2.25. The molecule has 2 heterocycles. The summed E-state index contributed by atoms with van der Waals surface area (Å²) in [6.45, 7) is 6.17. The van der Waals surface area contributed by atoms with Crippen LogP contribution in [0.15, 0.2) is 42.9 Å². The molecule has 3 rings (SSSR count). The summed E-state index contributed by atoms with van der Waals surface area (Å²) in [6.07, 6.45) is 3.22. The fourth-order valence-corrected chi connectivity index (χ4v) is 3.06. The second-order valence-electron chi connectivity index (χ2n) is 5.46. The summed E-state index contributed by atoms with van der Waals surface area (Å²) in [7, 11) is 0. The van der Waals surface area contributed by atoms with Gasteiger partial charge in [0.05, 0.1) is 6.20 Å². The molecule has 1 atom stereocenters. The van der Waals surface area contributed by atoms with Crippen LogP contribution in [0.25, 0.3) is 0 Å². The molecule has 4 nitrogen and oxygen atoms in total. The molecule has 0 saturated carbocycles. The number of hydrogen-bond acceptors (Lipinski definition) is 4. The van der Waals surface area contributed by atoms with E-state index < -0.39 is 0 Å². The van der Waals surface area contributed by atoms with E-state index in [1.165, 1.54) is 5.56 Å². The summed E-state index contributed by atoms with van der Waals surface area (Å²) in [5.74, 6) is 0.846. The average molecular weight is 303 g/mol. The number of benzene rings is 1. The van der Waals surface area contributed by atoms with Gasteiger partial charge < -0.3 is 4.90 Å². The third-order valence-electron chi connectivity index (χ3n) is 3.88. The van der Waals surface area contributed by atoms with Crippen molar-refractivity contribution in [1.82, 2.24) is 14.9 Å². The SMILES string of the molecule is C[C@@H]1CN(Cc2ccccc2)CCN1c1ncncc1Cl. The molecule has 0 N–H and O–H groups in total. The zero-order valence-corrected chi connectivity index (χ0v) is 12.9. The van der Waals surface area contributed by atoms with Gasteiger partial charge in [-0.2, -0.15) is 0 Å². The van der Waals surface area contributed by atoms with E-state index in [1.807, 2.05) is 0 Å². The van der Waals surface area contributed by atoms with Crippen molar-refractivity contribution in [1.29, 1.82) is 0 Å². The van der Waals surface area contributed by atoms with Gasteiger partial charge in [-0.3, -0.25) is 4.90 Å². The van der Waals surface area contributed by atoms with Crippen molar-refractivity contribution in [2.75, 3.05) is 24.5 Å². The van der Waals surface area contributed by atoms with E-state index in [0.29, 0.717) is 11.1 Å². The first-order valence-corrected chi connectivity index (χ1v) is 7.60. The molecule has 0 bridgehead atoms. The number of hydrogen-bond donors (Lipinski definition) is 0. The van der Waals surface area contributed by atoms with Crippen LogP contribution in [0.4, 0.5) is 5.82 Å². The normalized spacial score (nSPS) is 19.7. The van der Waals surface area contributed by atoms with Crippen molar-refractivity contribution in [3.63, 3.8) is 0 Å². The molecular weight excluding hydrogens is 284 g/mol. The maximum atomic E-state index is 6.21. The molecule has 0 spiro atoms. The van der Waals surface area contributed by atoms with E-state index in [0.717, 1.165) is 32.0 Å². The molecule has 0 aliphatic carbocycles. The van der Waals surface area contributed by atoms with Crippen molar-refractivity contribution < 1.29 is 0 Å². The van der Waals surface area contributed by atoms with E-state index in [1.54, 1.807) is 12.5 Å². The van der Waals surface area contributed by atoms with Crippen molar-refractivity contribution in [3.8, 4) is 0 Å². The van der Waals surface area contributed by atoms with Crippen LogP contribution in [-0.4, -0.2) is 40.5 Å². The molecule has 1 aromatic heterocycles. The maximum Gasteiger partial charge on any atom is 0.151 e. The van der Waals surface area contributed by atoms with Crippen molar-refractivity contribution in [2.24, 2.45) is 0 Å². The number of halogens is 1. The molecule has 1 saturated heterocycles. The third kappa shape index (κ3) is 3.34. The van der Waals surface area contributed by atoms with Crippen LogP contribution >= 0.6 is 11.6 Å². The lowest BCUT2D eigenvalue weighted by molar-refractivity contribution is 0.220. The molecule has 1 aliphatic rings. The fourth-order valence-electron chi connectivity index (χ4n) is 2.85. The second-order valence-corrected chi connectivity index (χ2v) is 5.86. The molecule has 110 valence electrons. The first-order chi connectivity index (χ1) is 10.2. The highest BCUT2D eigenvalue weighted by molar-refractivity contribution is 6.32. The van der Waals surface area contributed by atoms with Gasteiger partial charge in [0, 0.05) is 32.2 Å². The Balaban J connectivity index is 1.66. The number of nitrogens with zero attached hydrogens (tertiary/aromatic N) is 4. The van der Waals surface area contributed by atoms with E-state index in [2.05, 4.69) is 57.0 Å². The van der Waals surface area contributed by atoms with Crippen molar-refractivity contribution in [3.05, 3.63) is 53.4 Å². The van der Waals surface area contributed by atoms with E-state index in [-0.39, 0.29) is 0 Å². The molecule has 1 aliphatic heterocycles. The fraction of sp³-hybridized carbons (Fsp3) is 0.375. The summed E-state index contributed by atoms with van der Waals surface area (Å²) in [6, 6.07) is 11.0. The van der Waals surface area contributed by atoms with Gasteiger partial charge in [-0.05, 0) is 12.5 Å². The van der Waals surface area contributed by atoms with Gasteiger partial charge in [-0.1, -0.05) is 41.9 Å². The van der Waals surface area contributed by atoms with E-state index in [4.69, 9.17) is 11.6 Å². The monoisotopic (exact) mass is 302 g/mol. The quantitative estimate of drug-likeness (QED) is 0.873. The van der Waals surface area contributed by atoms with Crippen LogP contribution in [0.1, 0.15) is 12.5 Å². The van der Waals surface area contributed by atoms with Crippen LogP contribution in [0, 0.1) is 0 Å². The molecule has 5 heteroatoms. The summed E-state index contributed by atoms with van der Waals surface area (Å²) in [4.78, 5) is 13.0. The molecule has 1 aromatic carbocycles. The van der Waals surface area contributed by atoms with Crippen molar-refractivity contribution >= 4 is 17.4 Å². The molecule has 0 unspecified atom stereocenters. The lowest BCUT2D eigenvalue weighted by Gasteiger charge is -2.40. The molecule has 2 aromatic rings. The Hall–Kier alpha value is -1.65. The summed E-state index contributed by atoms with van der Waals surface area (Å²) in [5, 5.41) is 0.626. The van der Waals surface area contributed by atoms with Gasteiger partial charge in [0.25, 0.3) is 0 Å². The Labute approximate surface area is 130 Å². The lowest BCUT2D eigenvalue weighted by atomic mass is 10.1. The Bertz CT molecular complexity index is 590. The van der Waals surface area contributed by atoms with Gasteiger partial charge in [-0.25, -0.2) is 9.97 Å². The van der Waals surface area contributed by atoms with Crippen LogP contribution in [-0.2, 0) is 6.54 Å². The Kier molecular flexibility index (Phi) is 4.36. The van der Waals surface area contributed by atoms with Gasteiger partial charge in [-0.15, -0.1) is 0 Å². The van der Waals surface area contributed by atoms with Crippen molar-refractivity contribution in [2.45, 2.75) is 19.5 Å². The lowest BCUT2D eigenvalue weighted by Crippen LogP contribution is -2.52. The summed E-state index contributed by atoms with van der Waals surface area (Å²) in [5.41, 5.74) is 1.36. The third-order valence-corrected chi connectivity index (χ3v) is 4.15. The minimum Gasteiger partial charge on any atom is -0.350 e. The molecule has 0 amide bonds. The standard InChI is InChI=1S/C16H19ClN4/c1-13-10-20(11-14-5-3-2-4-6-14)7-8-21(13)16-15(17)9-18-12-19-16/h2-6,9,12-13H,7-8,10-11H2,1H3/t13-/m1/s1. The van der Waals surface area contributed by atoms with Gasteiger partial charge in [0.2, 0.25) is 0 Å². The molecule has 1 fully saturated rings. The average Bonchev–Trinajstić information content (AvgIpc) is 2.50. The predicted molar refractivity (Wildman–Crippen MR) is 85.6 cm³/mol. The smallest absolute Gasteiger partial charge is 0.151 e. The Morgan fingerprint density at radius 1 is 1.24 bits per heavy atom. The van der Waals surface area contributed by atoms with Gasteiger partial charge >= 0.3 is 0 Å².